The molecule has 0 amide bonds. The topological polar surface area (TPSA) is 42.5 Å². The zero-order valence-electron chi connectivity index (χ0n) is 15.2. The number of aromatic nitrogens is 2. The molecule has 0 spiro atoms. The largest absolute Gasteiger partial charge is 0.272 e. The monoisotopic (exact) mass is 396 g/mol. The zero-order chi connectivity index (χ0) is 19.2. The number of aryl methyl sites for hydroxylation is 1. The average Bonchev–Trinajstić information content (AvgIpc) is 3.18. The third kappa shape index (κ3) is 3.09. The third-order valence-corrected chi connectivity index (χ3v) is 5.28. The lowest BCUT2D eigenvalue weighted by Crippen LogP contribution is -2.22. The molecule has 6 heteroatoms. The number of rotatable bonds is 3. The summed E-state index contributed by atoms with van der Waals surface area (Å²) in [6, 6.07) is 13.7. The van der Waals surface area contributed by atoms with Crippen molar-refractivity contribution < 1.29 is 0 Å². The molecule has 0 radical (unpaired) electrons. The van der Waals surface area contributed by atoms with Gasteiger partial charge >= 0.3 is 0 Å². The first-order valence-electron chi connectivity index (χ1n) is 8.57. The van der Waals surface area contributed by atoms with Gasteiger partial charge in [0.2, 0.25) is 5.66 Å². The summed E-state index contributed by atoms with van der Waals surface area (Å²) >= 11 is 12.4. The SMILES string of the molecule is CC1=NC(c2cccc(-c3cc(Cl)cc(Cl)c3)c2)(c2cnn(C)c2C)N=C1. The van der Waals surface area contributed by atoms with Gasteiger partial charge in [0.25, 0.3) is 0 Å². The van der Waals surface area contributed by atoms with E-state index in [0.717, 1.165) is 33.7 Å². The Morgan fingerprint density at radius 3 is 2.30 bits per heavy atom. The van der Waals surface area contributed by atoms with Crippen LogP contribution >= 0.6 is 23.2 Å². The first-order valence-corrected chi connectivity index (χ1v) is 9.32. The van der Waals surface area contributed by atoms with E-state index in [9.17, 15) is 0 Å². The summed E-state index contributed by atoms with van der Waals surface area (Å²) in [5.74, 6) is 0. The van der Waals surface area contributed by atoms with Crippen LogP contribution in [0.2, 0.25) is 10.0 Å². The Morgan fingerprint density at radius 2 is 1.70 bits per heavy atom. The van der Waals surface area contributed by atoms with Crippen LogP contribution in [0.3, 0.4) is 0 Å². The van der Waals surface area contributed by atoms with Gasteiger partial charge in [-0.05, 0) is 49.2 Å². The van der Waals surface area contributed by atoms with Crippen LogP contribution in [0.15, 0.2) is 58.6 Å². The van der Waals surface area contributed by atoms with E-state index in [2.05, 4.69) is 11.2 Å². The minimum atomic E-state index is -0.819. The number of aliphatic imine (C=N–C) groups is 2. The summed E-state index contributed by atoms with van der Waals surface area (Å²) in [5, 5.41) is 5.61. The summed E-state index contributed by atoms with van der Waals surface area (Å²) in [4.78, 5) is 9.69. The number of hydrogen-bond acceptors (Lipinski definition) is 3. The van der Waals surface area contributed by atoms with Crippen LogP contribution in [0, 0.1) is 6.92 Å². The van der Waals surface area contributed by atoms with Crippen molar-refractivity contribution in [2.45, 2.75) is 19.5 Å². The van der Waals surface area contributed by atoms with Crippen LogP contribution in [0.4, 0.5) is 0 Å². The van der Waals surface area contributed by atoms with Crippen molar-refractivity contribution in [3.05, 3.63) is 75.5 Å². The Bertz CT molecular complexity index is 1080. The quantitative estimate of drug-likeness (QED) is 0.580. The van der Waals surface area contributed by atoms with Crippen LogP contribution < -0.4 is 0 Å². The van der Waals surface area contributed by atoms with Crippen molar-refractivity contribution in [1.29, 1.82) is 0 Å². The summed E-state index contributed by atoms with van der Waals surface area (Å²) in [6.45, 7) is 3.99. The van der Waals surface area contributed by atoms with E-state index in [1.807, 2.05) is 68.3 Å². The molecule has 4 rings (SSSR count). The fraction of sp³-hybridized carbons (Fsp3) is 0.190. The van der Waals surface area contributed by atoms with Gasteiger partial charge in [-0.25, -0.2) is 4.99 Å². The van der Waals surface area contributed by atoms with Crippen molar-refractivity contribution in [2.24, 2.45) is 17.0 Å². The van der Waals surface area contributed by atoms with Gasteiger partial charge in [0, 0.05) is 40.1 Å². The molecule has 1 aliphatic rings. The van der Waals surface area contributed by atoms with Gasteiger partial charge in [0.05, 0.1) is 11.9 Å². The van der Waals surface area contributed by atoms with E-state index >= 15 is 0 Å². The standard InChI is InChI=1S/C21H18Cl2N4/c1-13-11-24-21(26-13,20-12-25-27(3)14(20)2)17-6-4-5-15(7-17)16-8-18(22)10-19(23)9-16/h4-12H,1-3H3. The van der Waals surface area contributed by atoms with E-state index in [1.54, 1.807) is 6.07 Å². The fourth-order valence-corrected chi connectivity index (χ4v) is 3.93. The van der Waals surface area contributed by atoms with Gasteiger partial charge in [0.15, 0.2) is 0 Å². The first-order chi connectivity index (χ1) is 12.9. The molecule has 0 aliphatic carbocycles. The smallest absolute Gasteiger partial charge is 0.204 e. The number of benzene rings is 2. The maximum atomic E-state index is 6.19. The molecule has 1 aromatic heterocycles. The summed E-state index contributed by atoms with van der Waals surface area (Å²) in [7, 11) is 1.92. The molecule has 136 valence electrons. The summed E-state index contributed by atoms with van der Waals surface area (Å²) in [6.07, 6.45) is 3.66. The van der Waals surface area contributed by atoms with Gasteiger partial charge in [-0.15, -0.1) is 0 Å². The van der Waals surface area contributed by atoms with Gasteiger partial charge in [-0.1, -0.05) is 41.4 Å². The lowest BCUT2D eigenvalue weighted by atomic mass is 9.90. The lowest BCUT2D eigenvalue weighted by Gasteiger charge is -2.24. The molecule has 2 aromatic carbocycles. The Hall–Kier alpha value is -2.43. The molecule has 3 aromatic rings. The van der Waals surface area contributed by atoms with Crippen LogP contribution in [0.5, 0.6) is 0 Å². The maximum absolute atomic E-state index is 6.19. The minimum Gasteiger partial charge on any atom is -0.272 e. The normalized spacial score (nSPS) is 18.8. The van der Waals surface area contributed by atoms with Crippen molar-refractivity contribution in [3.8, 4) is 11.1 Å². The molecule has 0 saturated heterocycles. The molecule has 0 bridgehead atoms. The van der Waals surface area contributed by atoms with Crippen LogP contribution in [0.25, 0.3) is 11.1 Å². The first kappa shape index (κ1) is 18.0. The molecule has 0 fully saturated rings. The second-order valence-electron chi connectivity index (χ2n) is 6.69. The molecule has 27 heavy (non-hydrogen) atoms. The maximum Gasteiger partial charge on any atom is 0.204 e. The van der Waals surface area contributed by atoms with E-state index in [-0.39, 0.29) is 0 Å². The molecular formula is C21H18Cl2N4. The second-order valence-corrected chi connectivity index (χ2v) is 7.56. The van der Waals surface area contributed by atoms with E-state index in [1.165, 1.54) is 0 Å². The minimum absolute atomic E-state index is 0.605. The Labute approximate surface area is 168 Å². The average molecular weight is 397 g/mol. The van der Waals surface area contributed by atoms with Gasteiger partial charge < -0.3 is 0 Å². The highest BCUT2D eigenvalue weighted by Crippen LogP contribution is 2.40. The van der Waals surface area contributed by atoms with E-state index in [0.29, 0.717) is 10.0 Å². The fourth-order valence-electron chi connectivity index (χ4n) is 3.40. The van der Waals surface area contributed by atoms with Crippen molar-refractivity contribution in [3.63, 3.8) is 0 Å². The summed E-state index contributed by atoms with van der Waals surface area (Å²) in [5.41, 5.74) is 5.00. The van der Waals surface area contributed by atoms with Gasteiger partial charge in [0.1, 0.15) is 0 Å². The summed E-state index contributed by atoms with van der Waals surface area (Å²) < 4.78 is 1.84. The van der Waals surface area contributed by atoms with Crippen LogP contribution in [0.1, 0.15) is 23.7 Å². The van der Waals surface area contributed by atoms with E-state index in [4.69, 9.17) is 33.2 Å². The Kier molecular flexibility index (Phi) is 4.41. The second kappa shape index (κ2) is 6.63. The highest BCUT2D eigenvalue weighted by atomic mass is 35.5. The number of nitrogens with zero attached hydrogens (tertiary/aromatic N) is 4. The Morgan fingerprint density at radius 1 is 0.963 bits per heavy atom. The highest BCUT2D eigenvalue weighted by Gasteiger charge is 2.38. The number of hydrogen-bond donors (Lipinski definition) is 0. The molecule has 1 atom stereocenters. The van der Waals surface area contributed by atoms with Gasteiger partial charge in [-0.2, -0.15) is 5.10 Å². The molecule has 1 aliphatic heterocycles. The lowest BCUT2D eigenvalue weighted by molar-refractivity contribution is 0.583. The third-order valence-electron chi connectivity index (χ3n) is 4.85. The molecule has 2 heterocycles. The van der Waals surface area contributed by atoms with Crippen LogP contribution in [-0.2, 0) is 12.7 Å². The van der Waals surface area contributed by atoms with Gasteiger partial charge in [-0.3, -0.25) is 9.67 Å². The van der Waals surface area contributed by atoms with Crippen molar-refractivity contribution in [1.82, 2.24) is 9.78 Å². The molecule has 1 unspecified atom stereocenters. The molecule has 0 N–H and O–H groups in total. The van der Waals surface area contributed by atoms with E-state index < -0.39 is 5.66 Å². The molecular weight excluding hydrogens is 379 g/mol. The van der Waals surface area contributed by atoms with Crippen LogP contribution in [-0.4, -0.2) is 21.7 Å². The zero-order valence-corrected chi connectivity index (χ0v) is 16.8. The van der Waals surface area contributed by atoms with Crippen molar-refractivity contribution in [2.75, 3.05) is 0 Å². The highest BCUT2D eigenvalue weighted by molar-refractivity contribution is 6.35. The van der Waals surface area contributed by atoms with Crippen molar-refractivity contribution >= 4 is 35.1 Å². The molecule has 0 saturated carbocycles. The predicted molar refractivity (Wildman–Crippen MR) is 112 cm³/mol. The molecule has 4 nitrogen and oxygen atoms in total. The Balaban J connectivity index is 1.91. The number of halogens is 2. The predicted octanol–water partition coefficient (Wildman–Crippen LogP) is 5.45.